The van der Waals surface area contributed by atoms with Crippen molar-refractivity contribution >= 4 is 16.6 Å². The lowest BCUT2D eigenvalue weighted by Gasteiger charge is -2.31. The Labute approximate surface area is 212 Å². The predicted octanol–water partition coefficient (Wildman–Crippen LogP) is 8.26. The molecule has 5 aromatic rings. The summed E-state index contributed by atoms with van der Waals surface area (Å²) in [6.45, 7) is 8.23. The van der Waals surface area contributed by atoms with Gasteiger partial charge in [-0.15, -0.1) is 0 Å². The number of benzene rings is 4. The van der Waals surface area contributed by atoms with E-state index >= 15 is 0 Å². The van der Waals surface area contributed by atoms with Gasteiger partial charge in [-0.2, -0.15) is 0 Å². The van der Waals surface area contributed by atoms with Crippen LogP contribution >= 0.6 is 0 Å². The molecular formula is C34H28N2. The Morgan fingerprint density at radius 3 is 2.08 bits per heavy atom. The molecule has 1 aliphatic rings. The molecule has 1 aliphatic heterocycles. The number of rotatable bonds is 5. The topological polar surface area (TPSA) is 17.8 Å². The van der Waals surface area contributed by atoms with Gasteiger partial charge in [0.15, 0.2) is 0 Å². The summed E-state index contributed by atoms with van der Waals surface area (Å²) in [6, 6.07) is 36.9. The Hall–Kier alpha value is -4.43. The lowest BCUT2D eigenvalue weighted by Crippen LogP contribution is -2.29. The smallest absolute Gasteiger partial charge is 0.134 e. The molecule has 0 atom stereocenters. The van der Waals surface area contributed by atoms with Crippen molar-refractivity contribution in [2.75, 3.05) is 0 Å². The monoisotopic (exact) mass is 464 g/mol. The maximum absolute atomic E-state index is 5.29. The fraction of sp³-hybridized carbons (Fsp3) is 0.0882. The van der Waals surface area contributed by atoms with Gasteiger partial charge in [-0.3, -0.25) is 4.57 Å². The largest absolute Gasteiger partial charge is 0.295 e. The molecule has 0 fully saturated rings. The van der Waals surface area contributed by atoms with Crippen molar-refractivity contribution in [1.29, 1.82) is 0 Å². The fourth-order valence-electron chi connectivity index (χ4n) is 5.63. The summed E-state index contributed by atoms with van der Waals surface area (Å²) in [6.07, 6.45) is 6.17. The molecule has 0 saturated heterocycles. The molecule has 174 valence electrons. The van der Waals surface area contributed by atoms with Gasteiger partial charge in [0.25, 0.3) is 0 Å². The number of allylic oxidation sites excluding steroid dienone is 5. The van der Waals surface area contributed by atoms with Crippen LogP contribution in [0.3, 0.4) is 0 Å². The molecule has 2 nitrogen and oxygen atoms in total. The Bertz CT molecular complexity index is 1610. The number of hydrogen-bond donors (Lipinski definition) is 0. The van der Waals surface area contributed by atoms with Crippen molar-refractivity contribution in [2.45, 2.75) is 19.3 Å². The number of aromatic nitrogens is 2. The second-order valence-electron chi connectivity index (χ2n) is 9.55. The summed E-state index contributed by atoms with van der Waals surface area (Å²) in [7, 11) is 0. The van der Waals surface area contributed by atoms with E-state index in [9.17, 15) is 0 Å². The van der Waals surface area contributed by atoms with Crippen molar-refractivity contribution in [3.8, 4) is 5.69 Å². The molecule has 0 unspecified atom stereocenters. The van der Waals surface area contributed by atoms with Gasteiger partial charge in [0.2, 0.25) is 0 Å². The molecule has 2 heterocycles. The molecule has 0 radical (unpaired) electrons. The molecule has 4 aromatic carbocycles. The summed E-state index contributed by atoms with van der Waals surface area (Å²) < 4.78 is 2.35. The molecule has 0 amide bonds. The van der Waals surface area contributed by atoms with Crippen molar-refractivity contribution in [2.24, 2.45) is 0 Å². The molecule has 1 aromatic heterocycles. The zero-order valence-corrected chi connectivity index (χ0v) is 20.6. The molecule has 0 aliphatic carbocycles. The highest BCUT2D eigenvalue weighted by Gasteiger charge is 2.49. The standard InChI is InChI=1S/C34H28N2/c1-4-13-25(22-24(2)3)26-20-21-31-29(23-26)34(27-14-7-5-8-15-27,28-16-9-6-10-17-28)33-35-30-18-11-12-19-32(30)36(31)33/h4-23H,1H2,2-3H3/b25-13+. The number of imidazole rings is 1. The molecule has 0 N–H and O–H groups in total. The zero-order chi connectivity index (χ0) is 24.7. The third-order valence-electron chi connectivity index (χ3n) is 7.03. The predicted molar refractivity (Wildman–Crippen MR) is 151 cm³/mol. The Kier molecular flexibility index (Phi) is 5.30. The van der Waals surface area contributed by atoms with E-state index in [1.165, 1.54) is 33.5 Å². The SMILES string of the molecule is C=C/C=C(\C=C(C)C)c1ccc2c(c1)C(c1ccccc1)(c1ccccc1)c1nc3ccccc3n1-2. The minimum atomic E-state index is -0.544. The molecule has 0 saturated carbocycles. The molecule has 36 heavy (non-hydrogen) atoms. The van der Waals surface area contributed by atoms with Crippen LogP contribution < -0.4 is 0 Å². The van der Waals surface area contributed by atoms with E-state index in [-0.39, 0.29) is 0 Å². The average molecular weight is 465 g/mol. The van der Waals surface area contributed by atoms with Gasteiger partial charge in [0, 0.05) is 0 Å². The number of hydrogen-bond acceptors (Lipinski definition) is 1. The normalized spacial score (nSPS) is 13.8. The van der Waals surface area contributed by atoms with Crippen LogP contribution in [-0.4, -0.2) is 9.55 Å². The van der Waals surface area contributed by atoms with Gasteiger partial charge >= 0.3 is 0 Å². The number of para-hydroxylation sites is 2. The molecular weight excluding hydrogens is 436 g/mol. The van der Waals surface area contributed by atoms with Crippen LogP contribution in [0.4, 0.5) is 0 Å². The zero-order valence-electron chi connectivity index (χ0n) is 20.6. The molecule has 6 rings (SSSR count). The van der Waals surface area contributed by atoms with Gasteiger partial charge in [-0.05, 0) is 65.9 Å². The van der Waals surface area contributed by atoms with E-state index in [2.05, 4.69) is 140 Å². The van der Waals surface area contributed by atoms with Gasteiger partial charge in [0.1, 0.15) is 11.2 Å². The van der Waals surface area contributed by atoms with Crippen molar-refractivity contribution in [1.82, 2.24) is 9.55 Å². The summed E-state index contributed by atoms with van der Waals surface area (Å²) in [5, 5.41) is 0. The van der Waals surface area contributed by atoms with E-state index in [0.717, 1.165) is 22.4 Å². The second-order valence-corrected chi connectivity index (χ2v) is 9.55. The highest BCUT2D eigenvalue weighted by molar-refractivity contribution is 5.85. The highest BCUT2D eigenvalue weighted by atomic mass is 15.1. The Balaban J connectivity index is 1.77. The van der Waals surface area contributed by atoms with Crippen molar-refractivity contribution in [3.05, 3.63) is 162 Å². The van der Waals surface area contributed by atoms with Crippen LogP contribution in [0.25, 0.3) is 22.3 Å². The van der Waals surface area contributed by atoms with Gasteiger partial charge < -0.3 is 0 Å². The third kappa shape index (κ3) is 3.22. The van der Waals surface area contributed by atoms with Crippen LogP contribution in [-0.2, 0) is 5.41 Å². The minimum Gasteiger partial charge on any atom is -0.295 e. The van der Waals surface area contributed by atoms with E-state index in [1.807, 2.05) is 6.08 Å². The van der Waals surface area contributed by atoms with Gasteiger partial charge in [-0.1, -0.05) is 109 Å². The van der Waals surface area contributed by atoms with E-state index in [0.29, 0.717) is 0 Å². The summed E-state index contributed by atoms with van der Waals surface area (Å²) in [5.74, 6) is 1.03. The van der Waals surface area contributed by atoms with Crippen LogP contribution in [0.5, 0.6) is 0 Å². The Morgan fingerprint density at radius 1 is 0.806 bits per heavy atom. The quantitative estimate of drug-likeness (QED) is 0.235. The first kappa shape index (κ1) is 22.1. The van der Waals surface area contributed by atoms with Crippen molar-refractivity contribution in [3.63, 3.8) is 0 Å². The lowest BCUT2D eigenvalue weighted by molar-refractivity contribution is 0.717. The van der Waals surface area contributed by atoms with Gasteiger partial charge in [0.05, 0.1) is 16.7 Å². The second kappa shape index (κ2) is 8.66. The third-order valence-corrected chi connectivity index (χ3v) is 7.03. The lowest BCUT2D eigenvalue weighted by atomic mass is 9.69. The highest BCUT2D eigenvalue weighted by Crippen LogP contribution is 2.53. The van der Waals surface area contributed by atoms with Crippen molar-refractivity contribution < 1.29 is 0 Å². The molecule has 0 bridgehead atoms. The first-order valence-electron chi connectivity index (χ1n) is 12.4. The van der Waals surface area contributed by atoms with Crippen LogP contribution in [0.2, 0.25) is 0 Å². The first-order valence-corrected chi connectivity index (χ1v) is 12.4. The number of fused-ring (bicyclic) bond motifs is 5. The van der Waals surface area contributed by atoms with E-state index < -0.39 is 5.41 Å². The average Bonchev–Trinajstić information content (AvgIpc) is 3.42. The maximum atomic E-state index is 5.29. The summed E-state index contributed by atoms with van der Waals surface area (Å²) in [4.78, 5) is 5.29. The first-order chi connectivity index (χ1) is 17.6. The minimum absolute atomic E-state index is 0.544. The molecule has 0 spiro atoms. The molecule has 2 heteroatoms. The van der Waals surface area contributed by atoms with Crippen LogP contribution in [0.1, 0.15) is 41.9 Å². The Morgan fingerprint density at radius 2 is 1.44 bits per heavy atom. The summed E-state index contributed by atoms with van der Waals surface area (Å²) in [5.41, 5.74) is 9.99. The summed E-state index contributed by atoms with van der Waals surface area (Å²) >= 11 is 0. The maximum Gasteiger partial charge on any atom is 0.134 e. The van der Waals surface area contributed by atoms with Gasteiger partial charge in [-0.25, -0.2) is 4.98 Å². The number of nitrogens with zero attached hydrogens (tertiary/aromatic N) is 2. The fourth-order valence-corrected chi connectivity index (χ4v) is 5.63. The van der Waals surface area contributed by atoms with E-state index in [1.54, 1.807) is 0 Å². The van der Waals surface area contributed by atoms with E-state index in [4.69, 9.17) is 4.98 Å². The van der Waals surface area contributed by atoms with Crippen LogP contribution in [0, 0.1) is 0 Å². The van der Waals surface area contributed by atoms with Crippen LogP contribution in [0.15, 0.2) is 134 Å².